The fraction of sp³-hybridized carbons (Fsp3) is 0.500. The molecule has 1 heterocycles. The quantitative estimate of drug-likeness (QED) is 0.548. The standard InChI is InChI=1S/C26H37NO3Si/c1-25(2,3)30-24(28)23-17-20(18-27-23)19-29-31(26(4,5)6,21-13-9-7-10-14-21)22-15-11-8-12-16-22/h7-16,20,23,27H,17-19H2,1-6H3. The van der Waals surface area contributed by atoms with E-state index < -0.39 is 13.9 Å². The van der Waals surface area contributed by atoms with E-state index >= 15 is 0 Å². The lowest BCUT2D eigenvalue weighted by molar-refractivity contribution is -0.157. The molecule has 5 heteroatoms. The average molecular weight is 440 g/mol. The van der Waals surface area contributed by atoms with Crippen molar-refractivity contribution in [1.82, 2.24) is 5.32 Å². The summed E-state index contributed by atoms with van der Waals surface area (Å²) in [6.07, 6.45) is 0.743. The lowest BCUT2D eigenvalue weighted by Gasteiger charge is -2.43. The van der Waals surface area contributed by atoms with Crippen molar-refractivity contribution >= 4 is 24.7 Å². The summed E-state index contributed by atoms with van der Waals surface area (Å²) in [6.45, 7) is 14.0. The number of ether oxygens (including phenoxy) is 1. The second-order valence-electron chi connectivity index (χ2n) is 10.6. The first kappa shape index (κ1) is 23.7. The number of carbonyl (C=O) groups is 1. The first-order valence-electron chi connectivity index (χ1n) is 11.2. The molecule has 4 nitrogen and oxygen atoms in total. The third-order valence-electron chi connectivity index (χ3n) is 5.87. The molecule has 1 saturated heterocycles. The van der Waals surface area contributed by atoms with E-state index in [4.69, 9.17) is 9.16 Å². The SMILES string of the molecule is CC(C)(C)OC(=O)C1CC(CO[Si](c2ccccc2)(c2ccccc2)C(C)(C)C)CN1. The molecule has 1 aliphatic heterocycles. The van der Waals surface area contributed by atoms with Gasteiger partial charge >= 0.3 is 5.97 Å². The van der Waals surface area contributed by atoms with Gasteiger partial charge < -0.3 is 14.5 Å². The highest BCUT2D eigenvalue weighted by Gasteiger charge is 2.50. The predicted octanol–water partition coefficient (Wildman–Crippen LogP) is 3.88. The molecule has 1 aliphatic rings. The highest BCUT2D eigenvalue weighted by Crippen LogP contribution is 2.37. The number of benzene rings is 2. The second kappa shape index (κ2) is 9.27. The van der Waals surface area contributed by atoms with Gasteiger partial charge in [-0.15, -0.1) is 0 Å². The molecule has 168 valence electrons. The highest BCUT2D eigenvalue weighted by molar-refractivity contribution is 6.99. The zero-order chi connectivity index (χ0) is 22.7. The van der Waals surface area contributed by atoms with Crippen LogP contribution in [0.5, 0.6) is 0 Å². The Bertz CT molecular complexity index is 816. The molecule has 2 aromatic carbocycles. The minimum atomic E-state index is -2.55. The molecule has 0 aromatic heterocycles. The summed E-state index contributed by atoms with van der Waals surface area (Å²) in [5.41, 5.74) is -0.470. The molecule has 0 aliphatic carbocycles. The minimum absolute atomic E-state index is 0.0493. The Labute approximate surface area is 188 Å². The average Bonchev–Trinajstić information content (AvgIpc) is 3.17. The molecule has 1 N–H and O–H groups in total. The lowest BCUT2D eigenvalue weighted by atomic mass is 10.1. The normalized spacial score (nSPS) is 19.9. The van der Waals surface area contributed by atoms with E-state index in [0.717, 1.165) is 13.0 Å². The molecule has 0 saturated carbocycles. The number of hydrogen-bond acceptors (Lipinski definition) is 4. The van der Waals surface area contributed by atoms with Gasteiger partial charge in [0.1, 0.15) is 11.6 Å². The molecular formula is C26H37NO3Si. The van der Waals surface area contributed by atoms with Crippen LogP contribution in [0.1, 0.15) is 48.0 Å². The van der Waals surface area contributed by atoms with Gasteiger partial charge in [-0.1, -0.05) is 81.4 Å². The molecule has 0 radical (unpaired) electrons. The van der Waals surface area contributed by atoms with Crippen LogP contribution in [0.25, 0.3) is 0 Å². The van der Waals surface area contributed by atoms with Gasteiger partial charge in [0, 0.05) is 13.2 Å². The Kier molecular flexibility index (Phi) is 7.09. The van der Waals surface area contributed by atoms with Crippen molar-refractivity contribution in [2.75, 3.05) is 13.2 Å². The summed E-state index contributed by atoms with van der Waals surface area (Å²) in [7, 11) is -2.55. The molecule has 2 unspecified atom stereocenters. The van der Waals surface area contributed by atoms with Gasteiger partial charge in [-0.2, -0.15) is 0 Å². The number of rotatable bonds is 6. The van der Waals surface area contributed by atoms with Crippen molar-refractivity contribution in [3.63, 3.8) is 0 Å². The van der Waals surface area contributed by atoms with E-state index in [1.165, 1.54) is 10.4 Å². The monoisotopic (exact) mass is 439 g/mol. The van der Waals surface area contributed by atoms with Crippen LogP contribution in [0.15, 0.2) is 60.7 Å². The maximum Gasteiger partial charge on any atom is 0.323 e. The van der Waals surface area contributed by atoms with Crippen LogP contribution in [-0.4, -0.2) is 39.1 Å². The third-order valence-corrected chi connectivity index (χ3v) is 10.9. The van der Waals surface area contributed by atoms with Crippen LogP contribution in [-0.2, 0) is 14.0 Å². The van der Waals surface area contributed by atoms with Crippen LogP contribution in [0.2, 0.25) is 5.04 Å². The number of carbonyl (C=O) groups excluding carboxylic acids is 1. The van der Waals surface area contributed by atoms with Crippen molar-refractivity contribution in [3.05, 3.63) is 60.7 Å². The fourth-order valence-electron chi connectivity index (χ4n) is 4.49. The Morgan fingerprint density at radius 3 is 1.90 bits per heavy atom. The van der Waals surface area contributed by atoms with Crippen LogP contribution >= 0.6 is 0 Å². The van der Waals surface area contributed by atoms with E-state index in [9.17, 15) is 4.79 Å². The van der Waals surface area contributed by atoms with Gasteiger partial charge in [-0.05, 0) is 48.5 Å². The zero-order valence-electron chi connectivity index (χ0n) is 19.8. The van der Waals surface area contributed by atoms with Gasteiger partial charge in [-0.25, -0.2) is 0 Å². The highest BCUT2D eigenvalue weighted by atomic mass is 28.4. The van der Waals surface area contributed by atoms with Crippen LogP contribution in [0.4, 0.5) is 0 Å². The van der Waals surface area contributed by atoms with Gasteiger partial charge in [-0.3, -0.25) is 4.79 Å². The van der Waals surface area contributed by atoms with Crippen molar-refractivity contribution < 1.29 is 14.0 Å². The Hall–Kier alpha value is -1.95. The molecule has 0 bridgehead atoms. The summed E-state index contributed by atoms with van der Waals surface area (Å²) >= 11 is 0. The summed E-state index contributed by atoms with van der Waals surface area (Å²) in [5, 5.41) is 5.86. The molecule has 2 atom stereocenters. The van der Waals surface area contributed by atoms with E-state index in [-0.39, 0.29) is 23.0 Å². The molecule has 0 amide bonds. The number of nitrogens with one attached hydrogen (secondary N) is 1. The smallest absolute Gasteiger partial charge is 0.323 e. The van der Waals surface area contributed by atoms with Crippen LogP contribution < -0.4 is 15.7 Å². The van der Waals surface area contributed by atoms with Crippen LogP contribution in [0.3, 0.4) is 0 Å². The molecule has 0 spiro atoms. The second-order valence-corrected chi connectivity index (χ2v) is 14.9. The molecule has 2 aromatic rings. The van der Waals surface area contributed by atoms with Crippen molar-refractivity contribution in [1.29, 1.82) is 0 Å². The third kappa shape index (κ3) is 5.46. The van der Waals surface area contributed by atoms with Crippen molar-refractivity contribution in [3.8, 4) is 0 Å². The summed E-state index contributed by atoms with van der Waals surface area (Å²) in [5.74, 6) is 0.111. The molecular weight excluding hydrogens is 402 g/mol. The molecule has 31 heavy (non-hydrogen) atoms. The first-order valence-corrected chi connectivity index (χ1v) is 13.1. The summed E-state index contributed by atoms with van der Waals surface area (Å²) in [4.78, 5) is 12.5. The largest absolute Gasteiger partial charge is 0.459 e. The first-order chi connectivity index (χ1) is 14.5. The van der Waals surface area contributed by atoms with E-state index in [1.54, 1.807) is 0 Å². The number of esters is 1. The zero-order valence-corrected chi connectivity index (χ0v) is 20.8. The van der Waals surface area contributed by atoms with E-state index in [2.05, 4.69) is 86.8 Å². The molecule has 3 rings (SSSR count). The van der Waals surface area contributed by atoms with Gasteiger partial charge in [0.2, 0.25) is 0 Å². The van der Waals surface area contributed by atoms with E-state index in [1.807, 2.05) is 20.8 Å². The minimum Gasteiger partial charge on any atom is -0.459 e. The maximum atomic E-state index is 12.5. The van der Waals surface area contributed by atoms with Crippen molar-refractivity contribution in [2.24, 2.45) is 5.92 Å². The summed E-state index contributed by atoms with van der Waals surface area (Å²) in [6, 6.07) is 21.1. The molecule has 1 fully saturated rings. The van der Waals surface area contributed by atoms with Gasteiger partial charge in [0.25, 0.3) is 8.32 Å². The predicted molar refractivity (Wildman–Crippen MR) is 129 cm³/mol. The Morgan fingerprint density at radius 1 is 0.935 bits per heavy atom. The Morgan fingerprint density at radius 2 is 1.45 bits per heavy atom. The van der Waals surface area contributed by atoms with Gasteiger partial charge in [0.05, 0.1) is 0 Å². The lowest BCUT2D eigenvalue weighted by Crippen LogP contribution is -2.67. The summed E-state index contributed by atoms with van der Waals surface area (Å²) < 4.78 is 12.6. The van der Waals surface area contributed by atoms with E-state index in [0.29, 0.717) is 6.61 Å². The topological polar surface area (TPSA) is 47.6 Å². The van der Waals surface area contributed by atoms with Crippen molar-refractivity contribution in [2.45, 2.75) is 64.6 Å². The Balaban J connectivity index is 1.83. The fourth-order valence-corrected chi connectivity index (χ4v) is 9.13. The van der Waals surface area contributed by atoms with Gasteiger partial charge in [0.15, 0.2) is 0 Å². The maximum absolute atomic E-state index is 12.5. The number of hydrogen-bond donors (Lipinski definition) is 1. The van der Waals surface area contributed by atoms with Crippen LogP contribution in [0, 0.1) is 5.92 Å².